The molecular formula is C18H21F3N2O4S. The van der Waals surface area contributed by atoms with Crippen LogP contribution in [0.3, 0.4) is 0 Å². The van der Waals surface area contributed by atoms with Crippen molar-refractivity contribution in [2.45, 2.75) is 49.7 Å². The van der Waals surface area contributed by atoms with Crippen molar-refractivity contribution in [3.63, 3.8) is 0 Å². The van der Waals surface area contributed by atoms with Gasteiger partial charge in [-0.25, -0.2) is 8.42 Å². The van der Waals surface area contributed by atoms with E-state index < -0.39 is 22.0 Å². The second-order valence-corrected chi connectivity index (χ2v) is 8.47. The van der Waals surface area contributed by atoms with Gasteiger partial charge in [-0.1, -0.05) is 18.5 Å². The average molecular weight is 418 g/mol. The van der Waals surface area contributed by atoms with Crippen LogP contribution in [0.1, 0.15) is 38.4 Å². The van der Waals surface area contributed by atoms with Crippen molar-refractivity contribution < 1.29 is 30.8 Å². The largest absolute Gasteiger partial charge is 0.495 e. The average Bonchev–Trinajstić information content (AvgIpc) is 3.18. The number of methoxy groups -OCH3 is 1. The summed E-state index contributed by atoms with van der Waals surface area (Å²) >= 11 is 0. The summed E-state index contributed by atoms with van der Waals surface area (Å²) < 4.78 is 76.0. The third-order valence-electron chi connectivity index (χ3n) is 4.88. The number of piperidine rings is 1. The first-order valence-electron chi connectivity index (χ1n) is 8.92. The zero-order valence-electron chi connectivity index (χ0n) is 15.5. The third kappa shape index (κ3) is 3.88. The molecule has 0 aliphatic carbocycles. The van der Waals surface area contributed by atoms with Gasteiger partial charge in [0.25, 0.3) is 0 Å². The number of rotatable bonds is 5. The van der Waals surface area contributed by atoms with Crippen LogP contribution in [0.4, 0.5) is 13.2 Å². The minimum atomic E-state index is -4.67. The molecule has 0 amide bonds. The monoisotopic (exact) mass is 418 g/mol. The highest BCUT2D eigenvalue weighted by atomic mass is 32.2. The van der Waals surface area contributed by atoms with Crippen molar-refractivity contribution in [2.24, 2.45) is 0 Å². The standard InChI is InChI=1S/C18H21F3N2O4S/c1-3-13-6-4-5-9-23(13)28(24,25)16-10-12(7-8-15(16)26-2)14-11-17(27-22-14)18(19,20)21/h7-8,10-11,13H,3-6,9H2,1-2H3. The molecule has 2 aromatic rings. The van der Waals surface area contributed by atoms with Gasteiger partial charge in [-0.05, 0) is 37.5 Å². The van der Waals surface area contributed by atoms with Crippen LogP contribution in [-0.2, 0) is 16.2 Å². The van der Waals surface area contributed by atoms with Crippen molar-refractivity contribution in [2.75, 3.05) is 13.7 Å². The fraction of sp³-hybridized carbons (Fsp3) is 0.500. The van der Waals surface area contributed by atoms with Crippen LogP contribution in [0.5, 0.6) is 5.75 Å². The van der Waals surface area contributed by atoms with E-state index >= 15 is 0 Å². The van der Waals surface area contributed by atoms with Crippen molar-refractivity contribution >= 4 is 10.0 Å². The molecular weight excluding hydrogens is 397 g/mol. The van der Waals surface area contributed by atoms with Gasteiger partial charge in [0.2, 0.25) is 15.8 Å². The van der Waals surface area contributed by atoms with Gasteiger partial charge >= 0.3 is 6.18 Å². The van der Waals surface area contributed by atoms with Crippen LogP contribution >= 0.6 is 0 Å². The highest BCUT2D eigenvalue weighted by Gasteiger charge is 2.37. The molecule has 3 rings (SSSR count). The molecule has 1 aromatic heterocycles. The van der Waals surface area contributed by atoms with Crippen molar-refractivity contribution in [1.82, 2.24) is 9.46 Å². The summed E-state index contributed by atoms with van der Waals surface area (Å²) in [6, 6.07) is 4.77. The van der Waals surface area contributed by atoms with E-state index in [1.165, 1.54) is 29.6 Å². The third-order valence-corrected chi connectivity index (χ3v) is 6.85. The normalized spacial score (nSPS) is 19.0. The van der Waals surface area contributed by atoms with Crippen LogP contribution in [0.25, 0.3) is 11.3 Å². The molecule has 1 fully saturated rings. The minimum absolute atomic E-state index is 0.0931. The van der Waals surface area contributed by atoms with Crippen LogP contribution in [0, 0.1) is 0 Å². The van der Waals surface area contributed by atoms with Crippen LogP contribution < -0.4 is 4.74 Å². The predicted molar refractivity (Wildman–Crippen MR) is 95.3 cm³/mol. The number of sulfonamides is 1. The second-order valence-electron chi connectivity index (χ2n) is 6.61. The molecule has 1 aliphatic rings. The van der Waals surface area contributed by atoms with E-state index in [-0.39, 0.29) is 27.9 Å². The summed E-state index contributed by atoms with van der Waals surface area (Å²) in [5.74, 6) is -1.12. The summed E-state index contributed by atoms with van der Waals surface area (Å²) in [7, 11) is -2.54. The van der Waals surface area contributed by atoms with E-state index in [9.17, 15) is 21.6 Å². The first kappa shape index (κ1) is 20.7. The minimum Gasteiger partial charge on any atom is -0.495 e. The van der Waals surface area contributed by atoms with E-state index in [4.69, 9.17) is 4.74 Å². The van der Waals surface area contributed by atoms with Gasteiger partial charge in [0.05, 0.1) is 7.11 Å². The molecule has 0 N–H and O–H groups in total. The maximum Gasteiger partial charge on any atom is 0.452 e. The number of nitrogens with zero attached hydrogens (tertiary/aromatic N) is 2. The number of halogens is 3. The van der Waals surface area contributed by atoms with Gasteiger partial charge in [0, 0.05) is 24.2 Å². The van der Waals surface area contributed by atoms with E-state index in [0.717, 1.165) is 25.3 Å². The summed E-state index contributed by atoms with van der Waals surface area (Å²) in [5.41, 5.74) is 0.0980. The lowest BCUT2D eigenvalue weighted by atomic mass is 10.0. The van der Waals surface area contributed by atoms with Gasteiger partial charge in [0.1, 0.15) is 16.3 Å². The number of hydrogen-bond acceptors (Lipinski definition) is 5. The molecule has 154 valence electrons. The Bertz CT molecular complexity index is 941. The van der Waals surface area contributed by atoms with Gasteiger partial charge < -0.3 is 9.26 Å². The predicted octanol–water partition coefficient (Wildman–Crippen LogP) is 4.32. The topological polar surface area (TPSA) is 72.6 Å². The quantitative estimate of drug-likeness (QED) is 0.723. The first-order chi connectivity index (χ1) is 13.2. The molecule has 1 aromatic carbocycles. The zero-order chi connectivity index (χ0) is 20.5. The lowest BCUT2D eigenvalue weighted by molar-refractivity contribution is -0.155. The fourth-order valence-corrected chi connectivity index (χ4v) is 5.36. The van der Waals surface area contributed by atoms with Gasteiger partial charge in [-0.15, -0.1) is 0 Å². The lowest BCUT2D eigenvalue weighted by Crippen LogP contribution is -2.43. The molecule has 0 saturated carbocycles. The smallest absolute Gasteiger partial charge is 0.452 e. The van der Waals surface area contributed by atoms with Crippen molar-refractivity contribution in [3.05, 3.63) is 30.0 Å². The molecule has 0 bridgehead atoms. The van der Waals surface area contributed by atoms with Gasteiger partial charge in [-0.3, -0.25) is 0 Å². The summed E-state index contributed by atoms with van der Waals surface area (Å²) in [6.07, 6.45) is -1.50. The first-order valence-corrected chi connectivity index (χ1v) is 10.4. The lowest BCUT2D eigenvalue weighted by Gasteiger charge is -2.34. The van der Waals surface area contributed by atoms with Gasteiger partial charge in [-0.2, -0.15) is 17.5 Å². The SMILES string of the molecule is CCC1CCCCN1S(=O)(=O)c1cc(-c2cc(C(F)(F)F)on2)ccc1OC. The number of aromatic nitrogens is 1. The molecule has 10 heteroatoms. The molecule has 0 radical (unpaired) electrons. The Kier molecular flexibility index (Phi) is 5.72. The summed E-state index contributed by atoms with van der Waals surface area (Å²) in [6.45, 7) is 2.33. The molecule has 2 heterocycles. The van der Waals surface area contributed by atoms with Crippen LogP contribution in [0.15, 0.2) is 33.7 Å². The molecule has 1 unspecified atom stereocenters. The van der Waals surface area contributed by atoms with E-state index in [2.05, 4.69) is 9.68 Å². The highest BCUT2D eigenvalue weighted by molar-refractivity contribution is 7.89. The zero-order valence-corrected chi connectivity index (χ0v) is 16.3. The molecule has 1 aliphatic heterocycles. The van der Waals surface area contributed by atoms with Crippen LogP contribution in [-0.4, -0.2) is 37.6 Å². The molecule has 6 nitrogen and oxygen atoms in total. The van der Waals surface area contributed by atoms with Crippen molar-refractivity contribution in [3.8, 4) is 17.0 Å². The van der Waals surface area contributed by atoms with E-state index in [0.29, 0.717) is 13.0 Å². The van der Waals surface area contributed by atoms with Gasteiger partial charge in [0.15, 0.2) is 0 Å². The second kappa shape index (κ2) is 7.75. The Morgan fingerprint density at radius 1 is 1.29 bits per heavy atom. The Morgan fingerprint density at radius 3 is 2.64 bits per heavy atom. The number of benzene rings is 1. The number of alkyl halides is 3. The highest BCUT2D eigenvalue weighted by Crippen LogP contribution is 2.36. The maximum atomic E-state index is 13.3. The molecule has 1 atom stereocenters. The molecule has 1 saturated heterocycles. The fourth-order valence-electron chi connectivity index (χ4n) is 3.41. The molecule has 28 heavy (non-hydrogen) atoms. The molecule has 0 spiro atoms. The summed E-state index contributed by atoms with van der Waals surface area (Å²) in [4.78, 5) is -0.0931. The Balaban J connectivity index is 2.05. The number of ether oxygens (including phenoxy) is 1. The van der Waals surface area contributed by atoms with Crippen molar-refractivity contribution in [1.29, 1.82) is 0 Å². The maximum absolute atomic E-state index is 13.3. The Labute approximate surface area is 161 Å². The van der Waals surface area contributed by atoms with Crippen LogP contribution in [0.2, 0.25) is 0 Å². The Hall–Kier alpha value is -2.07. The summed E-state index contributed by atoms with van der Waals surface area (Å²) in [5, 5.41) is 3.43. The number of hydrogen-bond donors (Lipinski definition) is 0. The van der Waals surface area contributed by atoms with E-state index in [1.54, 1.807) is 0 Å². The Morgan fingerprint density at radius 2 is 2.04 bits per heavy atom. The van der Waals surface area contributed by atoms with E-state index in [1.807, 2.05) is 6.92 Å².